The Balaban J connectivity index is 1.59. The van der Waals surface area contributed by atoms with Crippen molar-refractivity contribution in [2.45, 2.75) is 71.8 Å². The van der Waals surface area contributed by atoms with Gasteiger partial charge >= 0.3 is 6.03 Å². The molecule has 6 amide bonds. The van der Waals surface area contributed by atoms with Crippen LogP contribution in [0.4, 0.5) is 4.79 Å². The fourth-order valence-corrected chi connectivity index (χ4v) is 4.67. The number of nitrogens with two attached hydrogens (primary N) is 1. The maximum atomic E-state index is 13.5. The van der Waals surface area contributed by atoms with Crippen LogP contribution in [0, 0.1) is 5.41 Å². The third-order valence-electron chi connectivity index (χ3n) is 6.82. The quantitative estimate of drug-likeness (QED) is 0.340. The van der Waals surface area contributed by atoms with E-state index >= 15 is 0 Å². The van der Waals surface area contributed by atoms with E-state index in [4.69, 9.17) is 5.73 Å². The third-order valence-corrected chi connectivity index (χ3v) is 6.82. The normalized spacial score (nSPS) is 18.3. The number of Topliss-reactive ketones (excluding diaryl/α,β-unsaturated/α-hetero) is 1. The Hall–Kier alpha value is -3.96. The molecule has 3 unspecified atom stereocenters. The fraction of sp³-hybridized carbons (Fsp3) is 0.538. The highest BCUT2D eigenvalue weighted by atomic mass is 16.2. The number of amides is 6. The van der Waals surface area contributed by atoms with Crippen LogP contribution in [0.2, 0.25) is 0 Å². The lowest BCUT2D eigenvalue weighted by Crippen LogP contribution is -2.60. The Morgan fingerprint density at radius 2 is 1.63 bits per heavy atom. The summed E-state index contributed by atoms with van der Waals surface area (Å²) in [5.41, 5.74) is 6.43. The number of carbonyl (C=O) groups excluding carboxylic acids is 6. The highest BCUT2D eigenvalue weighted by molar-refractivity contribution is 6.37. The molecule has 12 heteroatoms. The monoisotopic (exact) mass is 528 g/mol. The molecule has 1 aromatic rings. The van der Waals surface area contributed by atoms with Crippen LogP contribution in [0.5, 0.6) is 0 Å². The maximum absolute atomic E-state index is 13.5. The van der Waals surface area contributed by atoms with Gasteiger partial charge in [0.05, 0.1) is 12.6 Å². The van der Waals surface area contributed by atoms with Gasteiger partial charge in [0.2, 0.25) is 23.5 Å². The van der Waals surface area contributed by atoms with Gasteiger partial charge in [0.1, 0.15) is 12.1 Å². The van der Waals surface area contributed by atoms with Crippen molar-refractivity contribution in [3.8, 4) is 0 Å². The highest BCUT2D eigenvalue weighted by Gasteiger charge is 2.42. The van der Waals surface area contributed by atoms with Gasteiger partial charge in [-0.25, -0.2) is 4.79 Å². The first-order valence-electron chi connectivity index (χ1n) is 12.6. The summed E-state index contributed by atoms with van der Waals surface area (Å²) in [5, 5.41) is 7.66. The molecule has 0 saturated carbocycles. The van der Waals surface area contributed by atoms with E-state index in [0.29, 0.717) is 32.5 Å². The van der Waals surface area contributed by atoms with Gasteiger partial charge in [-0.1, -0.05) is 45.0 Å². The van der Waals surface area contributed by atoms with E-state index in [9.17, 15) is 28.8 Å². The van der Waals surface area contributed by atoms with Crippen LogP contribution in [-0.2, 0) is 37.1 Å². The zero-order chi connectivity index (χ0) is 28.2. The van der Waals surface area contributed by atoms with Crippen molar-refractivity contribution in [2.24, 2.45) is 11.1 Å². The Labute approximate surface area is 221 Å². The molecule has 206 valence electrons. The van der Waals surface area contributed by atoms with E-state index in [0.717, 1.165) is 11.1 Å². The highest BCUT2D eigenvalue weighted by Crippen LogP contribution is 2.26. The number of fused-ring (bicyclic) bond motifs is 1. The maximum Gasteiger partial charge on any atom is 0.315 e. The molecular formula is C26H36N6O6. The van der Waals surface area contributed by atoms with Crippen molar-refractivity contribution in [1.29, 1.82) is 0 Å². The molecule has 0 aliphatic carbocycles. The van der Waals surface area contributed by atoms with Crippen molar-refractivity contribution in [3.63, 3.8) is 0 Å². The van der Waals surface area contributed by atoms with Crippen LogP contribution in [0.1, 0.15) is 51.7 Å². The molecule has 5 N–H and O–H groups in total. The molecular weight excluding hydrogens is 492 g/mol. The first-order chi connectivity index (χ1) is 17.8. The lowest BCUT2D eigenvalue weighted by Gasteiger charge is -2.35. The second kappa shape index (κ2) is 11.6. The number of benzene rings is 1. The SMILES string of the molecule is CC(NC(=O)C1CCCN1C(=O)C(NC(=O)NCC(=O)N1Cc2ccccc2C1)C(C)(C)C)C(=O)C(N)=O. The molecule has 0 spiro atoms. The number of hydrogen-bond acceptors (Lipinski definition) is 6. The molecule has 3 atom stereocenters. The molecule has 2 aliphatic heterocycles. The molecule has 1 saturated heterocycles. The number of carbonyl (C=O) groups is 6. The van der Waals surface area contributed by atoms with E-state index in [1.165, 1.54) is 11.8 Å². The van der Waals surface area contributed by atoms with Crippen LogP contribution in [0.25, 0.3) is 0 Å². The lowest BCUT2D eigenvalue weighted by molar-refractivity contribution is -0.143. The number of likely N-dealkylation sites (tertiary alicyclic amines) is 1. The summed E-state index contributed by atoms with van der Waals surface area (Å²) in [7, 11) is 0. The molecule has 0 bridgehead atoms. The van der Waals surface area contributed by atoms with E-state index in [2.05, 4.69) is 16.0 Å². The molecule has 3 rings (SSSR count). The Morgan fingerprint density at radius 1 is 1.03 bits per heavy atom. The Morgan fingerprint density at radius 3 is 2.18 bits per heavy atom. The van der Waals surface area contributed by atoms with Crippen molar-refractivity contribution in [3.05, 3.63) is 35.4 Å². The van der Waals surface area contributed by atoms with Gasteiger partial charge < -0.3 is 31.5 Å². The molecule has 0 aromatic heterocycles. The van der Waals surface area contributed by atoms with Crippen LogP contribution in [0.3, 0.4) is 0 Å². The molecule has 2 heterocycles. The second-order valence-corrected chi connectivity index (χ2v) is 10.8. The number of rotatable bonds is 8. The van der Waals surface area contributed by atoms with Crippen molar-refractivity contribution in [2.75, 3.05) is 13.1 Å². The predicted octanol–water partition coefficient (Wildman–Crippen LogP) is -0.207. The van der Waals surface area contributed by atoms with Crippen LogP contribution < -0.4 is 21.7 Å². The summed E-state index contributed by atoms with van der Waals surface area (Å²) in [6.45, 7) is 7.69. The predicted molar refractivity (Wildman–Crippen MR) is 137 cm³/mol. The summed E-state index contributed by atoms with van der Waals surface area (Å²) < 4.78 is 0. The first kappa shape index (κ1) is 28.6. The zero-order valence-electron chi connectivity index (χ0n) is 22.2. The van der Waals surface area contributed by atoms with Gasteiger partial charge in [-0.3, -0.25) is 24.0 Å². The largest absolute Gasteiger partial charge is 0.363 e. The van der Waals surface area contributed by atoms with E-state index < -0.39 is 53.1 Å². The number of hydrogen-bond donors (Lipinski definition) is 4. The van der Waals surface area contributed by atoms with E-state index in [1.807, 2.05) is 24.3 Å². The minimum atomic E-state index is -1.16. The van der Waals surface area contributed by atoms with Gasteiger partial charge in [0.15, 0.2) is 0 Å². The number of nitrogens with zero attached hydrogens (tertiary/aromatic N) is 2. The number of primary amides is 1. The van der Waals surface area contributed by atoms with Gasteiger partial charge in [-0.05, 0) is 36.3 Å². The van der Waals surface area contributed by atoms with Gasteiger partial charge in [0, 0.05) is 19.6 Å². The number of ketones is 1. The van der Waals surface area contributed by atoms with Crippen molar-refractivity contribution < 1.29 is 28.8 Å². The Bertz CT molecular complexity index is 1100. The van der Waals surface area contributed by atoms with Crippen molar-refractivity contribution >= 4 is 35.4 Å². The average Bonchev–Trinajstić information content (AvgIpc) is 3.51. The minimum Gasteiger partial charge on any atom is -0.363 e. The van der Waals surface area contributed by atoms with Crippen molar-refractivity contribution in [1.82, 2.24) is 25.8 Å². The minimum absolute atomic E-state index is 0.231. The molecule has 38 heavy (non-hydrogen) atoms. The van der Waals surface area contributed by atoms with Gasteiger partial charge in [0.25, 0.3) is 5.91 Å². The topological polar surface area (TPSA) is 171 Å². The van der Waals surface area contributed by atoms with Crippen LogP contribution in [-0.4, -0.2) is 76.5 Å². The van der Waals surface area contributed by atoms with Gasteiger partial charge in [-0.2, -0.15) is 0 Å². The molecule has 1 fully saturated rings. The molecule has 12 nitrogen and oxygen atoms in total. The summed E-state index contributed by atoms with van der Waals surface area (Å²) in [6.07, 6.45) is 0.919. The third kappa shape index (κ3) is 6.67. The Kier molecular flexibility index (Phi) is 8.74. The van der Waals surface area contributed by atoms with E-state index in [-0.39, 0.29) is 12.5 Å². The molecule has 0 radical (unpaired) electrons. The summed E-state index contributed by atoms with van der Waals surface area (Å²) >= 11 is 0. The second-order valence-electron chi connectivity index (χ2n) is 10.8. The summed E-state index contributed by atoms with van der Waals surface area (Å²) in [6, 6.07) is 4.10. The molecule has 2 aliphatic rings. The zero-order valence-corrected chi connectivity index (χ0v) is 22.2. The summed E-state index contributed by atoms with van der Waals surface area (Å²) in [5.74, 6) is -3.38. The van der Waals surface area contributed by atoms with Gasteiger partial charge in [-0.15, -0.1) is 0 Å². The average molecular weight is 529 g/mol. The van der Waals surface area contributed by atoms with E-state index in [1.54, 1.807) is 25.7 Å². The smallest absolute Gasteiger partial charge is 0.315 e. The molecule has 1 aromatic carbocycles. The summed E-state index contributed by atoms with van der Waals surface area (Å²) in [4.78, 5) is 77.7. The standard InChI is InChI=1S/C26H36N6O6/c1-15(20(34)22(27)35)29-23(36)18-10-7-11-32(18)24(37)21(26(2,3)4)30-25(38)28-12-19(33)31-13-16-8-5-6-9-17(16)14-31/h5-6,8-9,15,18,21H,7,10-14H2,1-4H3,(H2,27,35)(H,29,36)(H2,28,30,38). The fourth-order valence-electron chi connectivity index (χ4n) is 4.67. The first-order valence-corrected chi connectivity index (χ1v) is 12.6. The number of nitrogens with one attached hydrogen (secondary N) is 3. The number of urea groups is 1. The lowest BCUT2D eigenvalue weighted by atomic mass is 9.85. The van der Waals surface area contributed by atoms with Crippen LogP contribution in [0.15, 0.2) is 24.3 Å². The van der Waals surface area contributed by atoms with Crippen LogP contribution >= 0.6 is 0 Å².